The second-order valence-electron chi connectivity index (χ2n) is 8.60. The van der Waals surface area contributed by atoms with Crippen molar-refractivity contribution in [2.45, 2.75) is 25.0 Å². The highest BCUT2D eigenvalue weighted by atomic mass is 19.3. The Hall–Kier alpha value is -3.79. The molecule has 3 heterocycles. The van der Waals surface area contributed by atoms with Crippen LogP contribution in [0.25, 0.3) is 11.8 Å². The lowest BCUT2D eigenvalue weighted by molar-refractivity contribution is -0.160. The van der Waals surface area contributed by atoms with E-state index in [2.05, 4.69) is 10.1 Å². The van der Waals surface area contributed by atoms with Gasteiger partial charge < -0.3 is 24.1 Å². The second kappa shape index (κ2) is 8.46. The summed E-state index contributed by atoms with van der Waals surface area (Å²) in [6.45, 7) is 0.519. The summed E-state index contributed by atoms with van der Waals surface area (Å²) in [6, 6.07) is 10.5. The van der Waals surface area contributed by atoms with Gasteiger partial charge in [-0.05, 0) is 55.0 Å². The molecule has 2 aliphatic rings. The number of oxime groups is 1. The zero-order chi connectivity index (χ0) is 24.8. The van der Waals surface area contributed by atoms with Gasteiger partial charge in [0, 0.05) is 23.8 Å². The van der Waals surface area contributed by atoms with Gasteiger partial charge in [0.2, 0.25) is 0 Å². The number of nitrogens with zero attached hydrogens (tertiary/aromatic N) is 4. The summed E-state index contributed by atoms with van der Waals surface area (Å²) in [7, 11) is 1.53. The maximum atomic E-state index is 14.9. The van der Waals surface area contributed by atoms with Gasteiger partial charge in [0.25, 0.3) is 11.6 Å². The Bertz CT molecular complexity index is 1320. The van der Waals surface area contributed by atoms with Crippen molar-refractivity contribution >= 4 is 11.9 Å². The molecule has 3 aromatic rings. The van der Waals surface area contributed by atoms with E-state index in [0.717, 1.165) is 11.4 Å². The monoisotopic (exact) mass is 484 g/mol. The van der Waals surface area contributed by atoms with Gasteiger partial charge >= 0.3 is 0 Å². The number of alkyl halides is 2. The summed E-state index contributed by atoms with van der Waals surface area (Å²) in [4.78, 5) is 11.0. The molecule has 1 atom stereocenters. The van der Waals surface area contributed by atoms with Gasteiger partial charge in [0.05, 0.1) is 31.4 Å². The maximum absolute atomic E-state index is 14.9. The van der Waals surface area contributed by atoms with Crippen LogP contribution in [0.4, 0.5) is 13.2 Å². The molecule has 1 saturated heterocycles. The molecule has 1 N–H and O–H groups in total. The van der Waals surface area contributed by atoms with Crippen molar-refractivity contribution < 1.29 is 27.9 Å². The summed E-state index contributed by atoms with van der Waals surface area (Å²) >= 11 is 0. The topological polar surface area (TPSA) is 72.1 Å². The van der Waals surface area contributed by atoms with Gasteiger partial charge in [-0.25, -0.2) is 18.2 Å². The quantitative estimate of drug-likeness (QED) is 0.587. The van der Waals surface area contributed by atoms with Crippen LogP contribution in [-0.2, 0) is 10.6 Å². The van der Waals surface area contributed by atoms with Crippen molar-refractivity contribution in [1.29, 1.82) is 0 Å². The van der Waals surface area contributed by atoms with E-state index >= 15 is 0 Å². The number of ether oxygens (including phenoxy) is 1. The minimum atomic E-state index is -3.11. The molecule has 0 unspecified atom stereocenters. The highest BCUT2D eigenvalue weighted by Gasteiger charge is 2.55. The van der Waals surface area contributed by atoms with Gasteiger partial charge in [0.15, 0.2) is 5.84 Å². The largest absolute Gasteiger partial charge is 0.495 e. The number of aromatic nitrogens is 2. The first-order valence-corrected chi connectivity index (χ1v) is 10.9. The molecule has 7 nitrogen and oxygen atoms in total. The zero-order valence-electron chi connectivity index (χ0n) is 19.1. The van der Waals surface area contributed by atoms with Crippen LogP contribution >= 0.6 is 0 Å². The predicted octanol–water partition coefficient (Wildman–Crippen LogP) is 4.24. The number of hydrogen-bond acceptors (Lipinski definition) is 6. The summed E-state index contributed by atoms with van der Waals surface area (Å²) < 4.78 is 50.7. The number of aliphatic hydroxyl groups is 1. The van der Waals surface area contributed by atoms with Crippen LogP contribution in [0.1, 0.15) is 23.2 Å². The molecular weight excluding hydrogens is 461 g/mol. The Morgan fingerprint density at radius 2 is 1.97 bits per heavy atom. The Balaban J connectivity index is 1.53. The number of benzene rings is 2. The molecule has 0 spiro atoms. The molecule has 35 heavy (non-hydrogen) atoms. The van der Waals surface area contributed by atoms with E-state index in [-0.39, 0.29) is 11.4 Å². The van der Waals surface area contributed by atoms with Gasteiger partial charge in [-0.15, -0.1) is 0 Å². The van der Waals surface area contributed by atoms with Crippen molar-refractivity contribution in [2.24, 2.45) is 5.16 Å². The SMILES string of the molecule is COc1cc(/C=C2\CC(F)(F)CN3C2=NO[C@@]3(CO)c2ccc(F)cc2)ccc1-n1cnc(C)c1. The van der Waals surface area contributed by atoms with Crippen molar-refractivity contribution in [3.8, 4) is 11.4 Å². The minimum Gasteiger partial charge on any atom is -0.495 e. The van der Waals surface area contributed by atoms with Gasteiger partial charge in [-0.2, -0.15) is 0 Å². The molecule has 182 valence electrons. The third kappa shape index (κ3) is 4.03. The Morgan fingerprint density at radius 3 is 2.63 bits per heavy atom. The molecule has 10 heteroatoms. The molecule has 2 aliphatic heterocycles. The molecular formula is C25H23F3N4O3. The Labute approximate surface area is 199 Å². The Kier molecular flexibility index (Phi) is 5.55. The van der Waals surface area contributed by atoms with Crippen molar-refractivity contribution in [2.75, 3.05) is 20.3 Å². The van der Waals surface area contributed by atoms with E-state index in [1.807, 2.05) is 23.8 Å². The molecule has 0 bridgehead atoms. The molecule has 2 aromatic carbocycles. The first-order valence-electron chi connectivity index (χ1n) is 10.9. The van der Waals surface area contributed by atoms with E-state index in [4.69, 9.17) is 9.57 Å². The van der Waals surface area contributed by atoms with E-state index < -0.39 is 37.0 Å². The lowest BCUT2D eigenvalue weighted by Gasteiger charge is -2.41. The number of fused-ring (bicyclic) bond motifs is 1. The van der Waals surface area contributed by atoms with Crippen molar-refractivity contribution in [1.82, 2.24) is 14.5 Å². The fourth-order valence-corrected chi connectivity index (χ4v) is 4.46. The van der Waals surface area contributed by atoms with E-state index in [0.29, 0.717) is 16.9 Å². The van der Waals surface area contributed by atoms with Gasteiger partial charge in [0.1, 0.15) is 18.2 Å². The average Bonchev–Trinajstić information content (AvgIpc) is 3.43. The summed E-state index contributed by atoms with van der Waals surface area (Å²) in [6.07, 6.45) is 4.57. The molecule has 0 amide bonds. The molecule has 0 radical (unpaired) electrons. The number of aryl methyl sites for hydroxylation is 1. The van der Waals surface area contributed by atoms with Crippen LogP contribution < -0.4 is 4.74 Å². The molecule has 0 saturated carbocycles. The Morgan fingerprint density at radius 1 is 1.20 bits per heavy atom. The van der Waals surface area contributed by atoms with Crippen LogP contribution in [0.3, 0.4) is 0 Å². The minimum absolute atomic E-state index is 0.197. The first-order chi connectivity index (χ1) is 16.7. The third-order valence-corrected chi connectivity index (χ3v) is 6.14. The molecule has 0 aliphatic carbocycles. The number of amidine groups is 1. The van der Waals surface area contributed by atoms with E-state index in [1.165, 1.54) is 36.3 Å². The number of hydrogen-bond donors (Lipinski definition) is 1. The fourth-order valence-electron chi connectivity index (χ4n) is 4.46. The number of imidazole rings is 1. The average molecular weight is 484 g/mol. The lowest BCUT2D eigenvalue weighted by atomic mass is 9.93. The van der Waals surface area contributed by atoms with Crippen LogP contribution in [0, 0.1) is 12.7 Å². The highest BCUT2D eigenvalue weighted by Crippen LogP contribution is 2.44. The summed E-state index contributed by atoms with van der Waals surface area (Å²) in [5.41, 5.74) is 1.11. The number of aliphatic hydroxyl groups excluding tert-OH is 1. The summed E-state index contributed by atoms with van der Waals surface area (Å²) in [5.74, 6) is -2.87. The standard InChI is InChI=1S/C25H23F3N4O3/c1-16-12-31(15-29-16)21-8-3-17(10-22(21)34-2)9-18-11-24(27,28)13-32-23(18)30-35-25(32,14-33)19-4-6-20(26)7-5-19/h3-10,12,15,33H,11,13-14H2,1-2H3/b18-9+/t25-/m0/s1. The number of rotatable bonds is 5. The smallest absolute Gasteiger partial charge is 0.269 e. The molecule has 5 rings (SSSR count). The van der Waals surface area contributed by atoms with E-state index in [9.17, 15) is 18.3 Å². The maximum Gasteiger partial charge on any atom is 0.269 e. The van der Waals surface area contributed by atoms with Crippen molar-refractivity contribution in [3.63, 3.8) is 0 Å². The molecule has 1 fully saturated rings. The fraction of sp³-hybridized carbons (Fsp3) is 0.280. The first kappa shape index (κ1) is 23.0. The summed E-state index contributed by atoms with van der Waals surface area (Å²) in [5, 5.41) is 14.3. The van der Waals surface area contributed by atoms with Crippen LogP contribution in [-0.4, -0.2) is 51.6 Å². The van der Waals surface area contributed by atoms with Crippen LogP contribution in [0.5, 0.6) is 5.75 Å². The van der Waals surface area contributed by atoms with E-state index in [1.54, 1.807) is 24.5 Å². The highest BCUT2D eigenvalue weighted by molar-refractivity contribution is 6.04. The normalized spacial score (nSPS) is 22.1. The van der Waals surface area contributed by atoms with Gasteiger partial charge in [-0.1, -0.05) is 11.2 Å². The third-order valence-electron chi connectivity index (χ3n) is 6.14. The van der Waals surface area contributed by atoms with Gasteiger partial charge in [-0.3, -0.25) is 0 Å². The number of halogens is 3. The number of methoxy groups -OCH3 is 1. The number of piperidine rings is 1. The zero-order valence-corrected chi connectivity index (χ0v) is 19.1. The van der Waals surface area contributed by atoms with Crippen LogP contribution in [0.2, 0.25) is 0 Å². The second-order valence-corrected chi connectivity index (χ2v) is 8.60. The molecule has 1 aromatic heterocycles. The lowest BCUT2D eigenvalue weighted by Crippen LogP contribution is -2.56. The van der Waals surface area contributed by atoms with Crippen molar-refractivity contribution in [3.05, 3.63) is 83.2 Å². The van der Waals surface area contributed by atoms with Crippen LogP contribution in [0.15, 0.2) is 65.7 Å². The predicted molar refractivity (Wildman–Crippen MR) is 123 cm³/mol.